The van der Waals surface area contributed by atoms with E-state index in [0.717, 1.165) is 37.3 Å². The molecule has 2 saturated heterocycles. The van der Waals surface area contributed by atoms with Gasteiger partial charge in [0.2, 0.25) is 5.75 Å². The van der Waals surface area contributed by atoms with Crippen LogP contribution in [-0.2, 0) is 17.8 Å². The molecule has 5 heterocycles. The summed E-state index contributed by atoms with van der Waals surface area (Å²) in [5.41, 5.74) is 5.69. The van der Waals surface area contributed by atoms with E-state index < -0.39 is 11.7 Å². The Labute approximate surface area is 252 Å². The molecule has 0 aliphatic carbocycles. The number of pyridine rings is 1. The average Bonchev–Trinajstić information content (AvgIpc) is 3.42. The van der Waals surface area contributed by atoms with Crippen LogP contribution in [-0.4, -0.2) is 85.3 Å². The minimum absolute atomic E-state index is 0.0916. The predicted molar refractivity (Wildman–Crippen MR) is 167 cm³/mol. The second-order valence-corrected chi connectivity index (χ2v) is 12.6. The fraction of sp³-hybridized carbons (Fsp3) is 0.471. The van der Waals surface area contributed by atoms with Crippen LogP contribution in [0.3, 0.4) is 0 Å². The van der Waals surface area contributed by atoms with Crippen LogP contribution >= 0.6 is 0 Å². The first-order valence-corrected chi connectivity index (χ1v) is 15.5. The van der Waals surface area contributed by atoms with Crippen LogP contribution in [0.25, 0.3) is 10.8 Å². The summed E-state index contributed by atoms with van der Waals surface area (Å²) in [5.74, 6) is -0.311. The van der Waals surface area contributed by atoms with Gasteiger partial charge in [-0.05, 0) is 63.7 Å². The Morgan fingerprint density at radius 1 is 1.19 bits per heavy atom. The number of amides is 1. The number of carbonyl (C=O) groups is 1. The van der Waals surface area contributed by atoms with Crippen molar-refractivity contribution in [2.75, 3.05) is 56.2 Å². The normalized spacial score (nSPS) is 23.4. The fourth-order valence-electron chi connectivity index (χ4n) is 7.46. The maximum absolute atomic E-state index is 13.9. The highest BCUT2D eigenvalue weighted by atomic mass is 19.1. The van der Waals surface area contributed by atoms with Gasteiger partial charge in [0.05, 0.1) is 24.0 Å². The van der Waals surface area contributed by atoms with Gasteiger partial charge in [-0.25, -0.2) is 9.37 Å². The van der Waals surface area contributed by atoms with E-state index in [2.05, 4.69) is 71.6 Å². The van der Waals surface area contributed by atoms with Crippen molar-refractivity contribution in [2.24, 2.45) is 0 Å². The van der Waals surface area contributed by atoms with Crippen LogP contribution in [0.1, 0.15) is 36.6 Å². The van der Waals surface area contributed by atoms with Gasteiger partial charge in [-0.15, -0.1) is 0 Å². The quantitative estimate of drug-likeness (QED) is 0.397. The molecule has 0 N–H and O–H groups in total. The Hall–Kier alpha value is -3.85. The molecule has 2 fully saturated rings. The number of benzene rings is 2. The van der Waals surface area contributed by atoms with Gasteiger partial charge in [0.25, 0.3) is 11.8 Å². The average molecular weight is 586 g/mol. The van der Waals surface area contributed by atoms with Crippen LogP contribution in [0.4, 0.5) is 15.8 Å². The third kappa shape index (κ3) is 4.87. The zero-order chi connectivity index (χ0) is 29.8. The van der Waals surface area contributed by atoms with Crippen molar-refractivity contribution in [1.82, 2.24) is 14.8 Å². The summed E-state index contributed by atoms with van der Waals surface area (Å²) in [6, 6.07) is 13.0. The van der Waals surface area contributed by atoms with Crippen molar-refractivity contribution >= 4 is 28.1 Å². The van der Waals surface area contributed by atoms with E-state index in [0.29, 0.717) is 50.5 Å². The number of aryl methyl sites for hydroxylation is 1. The van der Waals surface area contributed by atoms with Crippen molar-refractivity contribution in [1.29, 1.82) is 0 Å². The number of ether oxygens (including phenoxy) is 2. The largest absolute Gasteiger partial charge is 0.484 e. The number of aromatic nitrogens is 1. The molecule has 3 atom stereocenters. The summed E-state index contributed by atoms with van der Waals surface area (Å²) in [6.45, 7) is 11.9. The molecule has 226 valence electrons. The number of carbonyl (C=O) groups excluding carboxylic acids is 1. The number of nitrogens with zero attached hydrogens (tertiary/aromatic N) is 5. The molecular formula is C34H40FN5O3. The lowest BCUT2D eigenvalue weighted by molar-refractivity contribution is -0.131. The van der Waals surface area contributed by atoms with Gasteiger partial charge < -0.3 is 29.1 Å². The molecule has 2 aromatic carbocycles. The standard InChI is InChI=1S/C34H40FN5O3/c1-21-8-5-9-24-10-6-12-29(30(21)24)38-15-13-27-28(18-38)36-33(43-19-25-11-7-14-37(25)4)32-31(27)40-16-22(2)39(34(41)23(3)35)17-26(40)20-42-32/h5-6,8-10,12,22,25-26H,3,7,11,13-20H2,1-2,4H3/t22-,25+,26-/m1/s1. The van der Waals surface area contributed by atoms with Gasteiger partial charge in [0, 0.05) is 48.4 Å². The van der Waals surface area contributed by atoms with Gasteiger partial charge in [-0.1, -0.05) is 36.9 Å². The van der Waals surface area contributed by atoms with Gasteiger partial charge in [-0.3, -0.25) is 4.79 Å². The molecule has 0 unspecified atom stereocenters. The summed E-state index contributed by atoms with van der Waals surface area (Å²) < 4.78 is 26.8. The van der Waals surface area contributed by atoms with E-state index in [9.17, 15) is 9.18 Å². The SMILES string of the molecule is C=C(F)C(=O)N1C[C@@H]2COc3c(OC[C@@H]4CCCN4C)nc4c(c3N2C[C@H]1C)CCN(c1cccc2cccc(C)c12)C4. The lowest BCUT2D eigenvalue weighted by Crippen LogP contribution is -2.62. The Kier molecular flexibility index (Phi) is 7.16. The van der Waals surface area contributed by atoms with E-state index in [1.54, 1.807) is 4.90 Å². The predicted octanol–water partition coefficient (Wildman–Crippen LogP) is 4.86. The zero-order valence-electron chi connectivity index (χ0n) is 25.3. The van der Waals surface area contributed by atoms with E-state index in [4.69, 9.17) is 14.5 Å². The summed E-state index contributed by atoms with van der Waals surface area (Å²) in [7, 11) is 2.15. The maximum atomic E-state index is 13.9. The summed E-state index contributed by atoms with van der Waals surface area (Å²) in [5, 5.41) is 2.51. The van der Waals surface area contributed by atoms with E-state index in [-0.39, 0.29) is 12.1 Å². The zero-order valence-corrected chi connectivity index (χ0v) is 25.3. The third-order valence-corrected chi connectivity index (χ3v) is 9.81. The van der Waals surface area contributed by atoms with Crippen LogP contribution in [0.5, 0.6) is 11.6 Å². The molecule has 9 heteroatoms. The summed E-state index contributed by atoms with van der Waals surface area (Å²) in [6.07, 6.45) is 3.08. The lowest BCUT2D eigenvalue weighted by atomic mass is 9.95. The molecule has 0 bridgehead atoms. The Morgan fingerprint density at radius 3 is 2.77 bits per heavy atom. The smallest absolute Gasteiger partial charge is 0.282 e. The molecule has 0 saturated carbocycles. The number of hydrogen-bond donors (Lipinski definition) is 0. The van der Waals surface area contributed by atoms with E-state index in [1.807, 2.05) is 6.92 Å². The summed E-state index contributed by atoms with van der Waals surface area (Å²) in [4.78, 5) is 26.5. The fourth-order valence-corrected chi connectivity index (χ4v) is 7.46. The minimum atomic E-state index is -0.921. The van der Waals surface area contributed by atoms with Crippen molar-refractivity contribution < 1.29 is 18.7 Å². The Bertz CT molecular complexity index is 1590. The number of rotatable bonds is 5. The monoisotopic (exact) mass is 585 g/mol. The van der Waals surface area contributed by atoms with E-state index >= 15 is 0 Å². The Balaban J connectivity index is 1.27. The number of fused-ring (bicyclic) bond motifs is 6. The van der Waals surface area contributed by atoms with Crippen LogP contribution in [0.2, 0.25) is 0 Å². The van der Waals surface area contributed by atoms with Crippen LogP contribution in [0.15, 0.2) is 48.8 Å². The second-order valence-electron chi connectivity index (χ2n) is 12.6. The molecule has 7 rings (SSSR count). The number of piperazine rings is 1. The lowest BCUT2D eigenvalue weighted by Gasteiger charge is -2.49. The van der Waals surface area contributed by atoms with Crippen LogP contribution < -0.4 is 19.3 Å². The number of likely N-dealkylation sites (N-methyl/N-ethyl adjacent to an activating group) is 1. The molecule has 0 radical (unpaired) electrons. The third-order valence-electron chi connectivity index (χ3n) is 9.81. The molecule has 0 spiro atoms. The molecule has 4 aliphatic heterocycles. The maximum Gasteiger partial charge on any atom is 0.282 e. The first-order chi connectivity index (χ1) is 20.8. The highest BCUT2D eigenvalue weighted by molar-refractivity contribution is 5.97. The highest BCUT2D eigenvalue weighted by Gasteiger charge is 2.42. The van der Waals surface area contributed by atoms with Crippen molar-refractivity contribution in [3.05, 3.63) is 65.6 Å². The van der Waals surface area contributed by atoms with Gasteiger partial charge in [0.1, 0.15) is 13.2 Å². The minimum Gasteiger partial charge on any atom is -0.484 e. The van der Waals surface area contributed by atoms with Gasteiger partial charge in [0.15, 0.2) is 5.83 Å². The molecular weight excluding hydrogens is 545 g/mol. The first kappa shape index (κ1) is 28.0. The second kappa shape index (κ2) is 11.0. The van der Waals surface area contributed by atoms with Crippen molar-refractivity contribution in [2.45, 2.75) is 57.8 Å². The molecule has 1 aromatic heterocycles. The first-order valence-electron chi connectivity index (χ1n) is 15.5. The number of anilines is 2. The van der Waals surface area contributed by atoms with E-state index in [1.165, 1.54) is 34.0 Å². The van der Waals surface area contributed by atoms with Crippen molar-refractivity contribution in [3.8, 4) is 11.6 Å². The molecule has 4 aliphatic rings. The van der Waals surface area contributed by atoms with Gasteiger partial charge >= 0.3 is 0 Å². The topological polar surface area (TPSA) is 61.4 Å². The molecule has 8 nitrogen and oxygen atoms in total. The molecule has 43 heavy (non-hydrogen) atoms. The van der Waals surface area contributed by atoms with Crippen LogP contribution in [0, 0.1) is 6.92 Å². The summed E-state index contributed by atoms with van der Waals surface area (Å²) >= 11 is 0. The number of halogens is 1. The highest BCUT2D eigenvalue weighted by Crippen LogP contribution is 2.47. The van der Waals surface area contributed by atoms with Gasteiger partial charge in [-0.2, -0.15) is 0 Å². The number of likely N-dealkylation sites (tertiary alicyclic amines) is 1. The molecule has 3 aromatic rings. The Morgan fingerprint density at radius 2 is 2.00 bits per heavy atom. The van der Waals surface area contributed by atoms with Crippen molar-refractivity contribution in [3.63, 3.8) is 0 Å². The number of hydrogen-bond acceptors (Lipinski definition) is 7. The molecule has 1 amide bonds.